The Balaban J connectivity index is 2.17. The summed E-state index contributed by atoms with van der Waals surface area (Å²) in [5.74, 6) is 1.80. The van der Waals surface area contributed by atoms with Gasteiger partial charge in [0, 0.05) is 11.6 Å². The number of ether oxygens (including phenoxy) is 2. The molecule has 1 aromatic rings. The maximum atomic E-state index is 6.04. The molecule has 1 aromatic carbocycles. The molecule has 0 radical (unpaired) electrons. The van der Waals surface area contributed by atoms with Crippen LogP contribution in [0.5, 0.6) is 11.5 Å². The highest BCUT2D eigenvalue weighted by Crippen LogP contribution is 2.42. The third kappa shape index (κ3) is 1.02. The van der Waals surface area contributed by atoms with Crippen molar-refractivity contribution in [2.75, 3.05) is 6.79 Å². The van der Waals surface area contributed by atoms with Crippen LogP contribution in [0.1, 0.15) is 30.0 Å². The summed E-state index contributed by atoms with van der Waals surface area (Å²) in [4.78, 5) is 0. The van der Waals surface area contributed by atoms with Crippen molar-refractivity contribution in [3.63, 3.8) is 0 Å². The fourth-order valence-electron chi connectivity index (χ4n) is 2.30. The molecule has 1 atom stereocenters. The molecule has 0 saturated carbocycles. The van der Waals surface area contributed by atoms with E-state index < -0.39 is 0 Å². The van der Waals surface area contributed by atoms with E-state index in [1.54, 1.807) is 0 Å². The average Bonchev–Trinajstić information content (AvgIpc) is 2.66. The summed E-state index contributed by atoms with van der Waals surface area (Å²) in [7, 11) is 0. The molecule has 2 aliphatic rings. The van der Waals surface area contributed by atoms with Crippen molar-refractivity contribution in [2.45, 2.75) is 25.3 Å². The molecule has 0 amide bonds. The van der Waals surface area contributed by atoms with Crippen LogP contribution in [0.25, 0.3) is 0 Å². The molecule has 3 heteroatoms. The van der Waals surface area contributed by atoms with Crippen LogP contribution < -0.4 is 15.2 Å². The van der Waals surface area contributed by atoms with Gasteiger partial charge in [0.2, 0.25) is 6.79 Å². The van der Waals surface area contributed by atoms with Crippen LogP contribution in [0, 0.1) is 0 Å². The van der Waals surface area contributed by atoms with E-state index in [-0.39, 0.29) is 6.04 Å². The van der Waals surface area contributed by atoms with Crippen molar-refractivity contribution in [2.24, 2.45) is 5.73 Å². The van der Waals surface area contributed by atoms with Gasteiger partial charge in [0.15, 0.2) is 11.5 Å². The summed E-state index contributed by atoms with van der Waals surface area (Å²) in [6.07, 6.45) is 3.29. The SMILES string of the molecule is N[C@@H]1CCCc2c1ccc1c2OCO1. The summed E-state index contributed by atoms with van der Waals surface area (Å²) >= 11 is 0. The molecule has 0 bridgehead atoms. The zero-order valence-electron chi connectivity index (χ0n) is 7.95. The van der Waals surface area contributed by atoms with Gasteiger partial charge in [-0.25, -0.2) is 0 Å². The molecule has 0 spiro atoms. The van der Waals surface area contributed by atoms with Gasteiger partial charge in [-0.05, 0) is 30.9 Å². The molecule has 1 aliphatic heterocycles. The molecule has 0 aromatic heterocycles. The number of fused-ring (bicyclic) bond motifs is 3. The van der Waals surface area contributed by atoms with Gasteiger partial charge >= 0.3 is 0 Å². The van der Waals surface area contributed by atoms with Crippen LogP contribution in [0.3, 0.4) is 0 Å². The van der Waals surface area contributed by atoms with Gasteiger partial charge in [0.1, 0.15) is 0 Å². The van der Waals surface area contributed by atoms with E-state index in [1.807, 2.05) is 6.07 Å². The largest absolute Gasteiger partial charge is 0.454 e. The first-order valence-corrected chi connectivity index (χ1v) is 5.03. The molecule has 1 heterocycles. The second-order valence-electron chi connectivity index (χ2n) is 3.87. The predicted molar refractivity (Wildman–Crippen MR) is 52.4 cm³/mol. The molecule has 2 N–H and O–H groups in total. The minimum absolute atomic E-state index is 0.174. The Morgan fingerprint density at radius 3 is 3.14 bits per heavy atom. The van der Waals surface area contributed by atoms with Crippen LogP contribution in [0.15, 0.2) is 12.1 Å². The third-order valence-corrected chi connectivity index (χ3v) is 3.02. The number of hydrogen-bond acceptors (Lipinski definition) is 3. The van der Waals surface area contributed by atoms with Crippen molar-refractivity contribution in [3.05, 3.63) is 23.3 Å². The van der Waals surface area contributed by atoms with Crippen LogP contribution in [-0.2, 0) is 6.42 Å². The van der Waals surface area contributed by atoms with E-state index in [4.69, 9.17) is 15.2 Å². The molecular formula is C11H13NO2. The molecule has 3 nitrogen and oxygen atoms in total. The Labute approximate surface area is 82.8 Å². The average molecular weight is 191 g/mol. The van der Waals surface area contributed by atoms with Gasteiger partial charge in [0.25, 0.3) is 0 Å². The summed E-state index contributed by atoms with van der Waals surface area (Å²) < 4.78 is 10.8. The van der Waals surface area contributed by atoms with Gasteiger partial charge in [-0.1, -0.05) is 6.07 Å². The zero-order valence-corrected chi connectivity index (χ0v) is 7.95. The minimum atomic E-state index is 0.174. The van der Waals surface area contributed by atoms with E-state index >= 15 is 0 Å². The lowest BCUT2D eigenvalue weighted by atomic mass is 9.87. The molecule has 14 heavy (non-hydrogen) atoms. The lowest BCUT2D eigenvalue weighted by Crippen LogP contribution is -2.17. The highest BCUT2D eigenvalue weighted by molar-refractivity contribution is 5.53. The lowest BCUT2D eigenvalue weighted by Gasteiger charge is -2.22. The highest BCUT2D eigenvalue weighted by Gasteiger charge is 2.25. The molecule has 74 valence electrons. The first kappa shape index (κ1) is 8.12. The summed E-state index contributed by atoms with van der Waals surface area (Å²) in [6.45, 7) is 0.348. The van der Waals surface area contributed by atoms with Gasteiger partial charge in [0.05, 0.1) is 0 Å². The van der Waals surface area contributed by atoms with Gasteiger partial charge < -0.3 is 15.2 Å². The number of rotatable bonds is 0. The van der Waals surface area contributed by atoms with E-state index in [1.165, 1.54) is 11.1 Å². The Kier molecular flexibility index (Phi) is 1.67. The van der Waals surface area contributed by atoms with Crippen molar-refractivity contribution < 1.29 is 9.47 Å². The van der Waals surface area contributed by atoms with Crippen LogP contribution in [0.4, 0.5) is 0 Å². The van der Waals surface area contributed by atoms with Gasteiger partial charge in [-0.15, -0.1) is 0 Å². The molecule has 1 aliphatic carbocycles. The number of nitrogens with two attached hydrogens (primary N) is 1. The van der Waals surface area contributed by atoms with Crippen LogP contribution >= 0.6 is 0 Å². The lowest BCUT2D eigenvalue weighted by molar-refractivity contribution is 0.173. The van der Waals surface area contributed by atoms with Crippen LogP contribution in [0.2, 0.25) is 0 Å². The quantitative estimate of drug-likeness (QED) is 0.679. The van der Waals surface area contributed by atoms with Crippen LogP contribution in [-0.4, -0.2) is 6.79 Å². The fraction of sp³-hybridized carbons (Fsp3) is 0.455. The Morgan fingerprint density at radius 2 is 2.21 bits per heavy atom. The zero-order chi connectivity index (χ0) is 9.54. The van der Waals surface area contributed by atoms with Crippen molar-refractivity contribution in [1.82, 2.24) is 0 Å². The summed E-state index contributed by atoms with van der Waals surface area (Å²) in [5.41, 5.74) is 8.54. The third-order valence-electron chi connectivity index (χ3n) is 3.02. The van der Waals surface area contributed by atoms with E-state index in [2.05, 4.69) is 6.07 Å². The maximum Gasteiger partial charge on any atom is 0.231 e. The monoisotopic (exact) mass is 191 g/mol. The smallest absolute Gasteiger partial charge is 0.231 e. The van der Waals surface area contributed by atoms with Gasteiger partial charge in [-0.2, -0.15) is 0 Å². The Morgan fingerprint density at radius 1 is 1.29 bits per heavy atom. The topological polar surface area (TPSA) is 44.5 Å². The molecule has 0 unspecified atom stereocenters. The highest BCUT2D eigenvalue weighted by atomic mass is 16.7. The maximum absolute atomic E-state index is 6.04. The van der Waals surface area contributed by atoms with Gasteiger partial charge in [-0.3, -0.25) is 0 Å². The predicted octanol–water partition coefficient (Wildman–Crippen LogP) is 1.75. The first-order valence-electron chi connectivity index (χ1n) is 5.03. The second kappa shape index (κ2) is 2.89. The number of hydrogen-bond donors (Lipinski definition) is 1. The Hall–Kier alpha value is -1.22. The van der Waals surface area contributed by atoms with Crippen molar-refractivity contribution >= 4 is 0 Å². The second-order valence-corrected chi connectivity index (χ2v) is 3.87. The minimum Gasteiger partial charge on any atom is -0.454 e. The molecular weight excluding hydrogens is 178 g/mol. The standard InChI is InChI=1S/C11H13NO2/c12-9-3-1-2-8-7(9)4-5-10-11(8)14-6-13-10/h4-5,9H,1-3,6,12H2/t9-/m1/s1. The van der Waals surface area contributed by atoms with Crippen molar-refractivity contribution in [3.8, 4) is 11.5 Å². The van der Waals surface area contributed by atoms with E-state index in [0.29, 0.717) is 6.79 Å². The summed E-state index contributed by atoms with van der Waals surface area (Å²) in [5, 5.41) is 0. The van der Waals surface area contributed by atoms with Crippen molar-refractivity contribution in [1.29, 1.82) is 0 Å². The molecule has 0 fully saturated rings. The fourth-order valence-corrected chi connectivity index (χ4v) is 2.30. The Bertz CT molecular complexity index is 376. The van der Waals surface area contributed by atoms with E-state index in [9.17, 15) is 0 Å². The molecule has 3 rings (SSSR count). The first-order chi connectivity index (χ1) is 6.86. The normalized spacial score (nSPS) is 23.4. The van der Waals surface area contributed by atoms with E-state index in [0.717, 1.165) is 30.8 Å². The number of benzene rings is 1. The molecule has 0 saturated heterocycles. The summed E-state index contributed by atoms with van der Waals surface area (Å²) in [6, 6.07) is 4.22.